The summed E-state index contributed by atoms with van der Waals surface area (Å²) in [4.78, 5) is 2.29. The van der Waals surface area contributed by atoms with Crippen LogP contribution >= 0.6 is 15.9 Å². The van der Waals surface area contributed by atoms with Crippen molar-refractivity contribution >= 4 is 21.6 Å². The second-order valence-electron chi connectivity index (χ2n) is 4.40. The molecule has 0 aliphatic carbocycles. The van der Waals surface area contributed by atoms with Crippen molar-refractivity contribution in [3.63, 3.8) is 0 Å². The molecule has 0 amide bonds. The number of hydrogen-bond donors (Lipinski definition) is 1. The van der Waals surface area contributed by atoms with Gasteiger partial charge in [0.25, 0.3) is 0 Å². The monoisotopic (exact) mass is 270 g/mol. The number of benzene rings is 1. The normalized spacial score (nSPS) is 11.3. The smallest absolute Gasteiger partial charge is 0.0371 e. The van der Waals surface area contributed by atoms with Crippen LogP contribution < -0.4 is 5.73 Å². The van der Waals surface area contributed by atoms with E-state index < -0.39 is 0 Å². The molecular weight excluding hydrogens is 252 g/mol. The van der Waals surface area contributed by atoms with Gasteiger partial charge in [-0.15, -0.1) is 0 Å². The summed E-state index contributed by atoms with van der Waals surface area (Å²) in [7, 11) is 2.12. The Morgan fingerprint density at radius 2 is 2.07 bits per heavy atom. The minimum absolute atomic E-state index is 0.679. The highest BCUT2D eigenvalue weighted by molar-refractivity contribution is 9.10. The zero-order valence-electron chi connectivity index (χ0n) is 9.63. The van der Waals surface area contributed by atoms with Crippen LogP contribution in [0.1, 0.15) is 19.4 Å². The summed E-state index contributed by atoms with van der Waals surface area (Å²) < 4.78 is 1.10. The summed E-state index contributed by atoms with van der Waals surface area (Å²) in [5.74, 6) is 0.679. The van der Waals surface area contributed by atoms with Crippen molar-refractivity contribution in [2.75, 3.05) is 19.3 Å². The van der Waals surface area contributed by atoms with E-state index in [1.165, 1.54) is 5.56 Å². The third-order valence-corrected chi connectivity index (χ3v) is 3.00. The molecule has 0 aromatic heterocycles. The lowest BCUT2D eigenvalue weighted by atomic mass is 10.1. The van der Waals surface area contributed by atoms with Crippen LogP contribution in [0.4, 0.5) is 5.69 Å². The molecule has 0 saturated carbocycles. The minimum atomic E-state index is 0.679. The maximum Gasteiger partial charge on any atom is 0.0371 e. The van der Waals surface area contributed by atoms with Gasteiger partial charge in [0, 0.05) is 28.8 Å². The Kier molecular flexibility index (Phi) is 4.61. The van der Waals surface area contributed by atoms with E-state index in [2.05, 4.69) is 41.7 Å². The van der Waals surface area contributed by atoms with Gasteiger partial charge in [0.15, 0.2) is 0 Å². The van der Waals surface area contributed by atoms with Gasteiger partial charge in [-0.1, -0.05) is 35.8 Å². The van der Waals surface area contributed by atoms with Gasteiger partial charge in [0.1, 0.15) is 0 Å². The second kappa shape index (κ2) is 5.52. The van der Waals surface area contributed by atoms with Crippen LogP contribution in [0.5, 0.6) is 0 Å². The molecule has 1 rings (SSSR count). The standard InChI is InChI=1S/C12H19BrN2/c1-9(2)7-15(3)8-10-11(13)5-4-6-12(10)14/h4-6,9H,7-8,14H2,1-3H3. The van der Waals surface area contributed by atoms with Crippen LogP contribution in [0.3, 0.4) is 0 Å². The van der Waals surface area contributed by atoms with E-state index >= 15 is 0 Å². The van der Waals surface area contributed by atoms with E-state index in [0.29, 0.717) is 5.92 Å². The molecule has 0 aliphatic rings. The fraction of sp³-hybridized carbons (Fsp3) is 0.500. The highest BCUT2D eigenvalue weighted by Crippen LogP contribution is 2.23. The van der Waals surface area contributed by atoms with Crippen LogP contribution in [0.15, 0.2) is 22.7 Å². The molecule has 2 N–H and O–H groups in total. The Morgan fingerprint density at radius 1 is 1.40 bits per heavy atom. The van der Waals surface area contributed by atoms with Gasteiger partial charge in [-0.25, -0.2) is 0 Å². The quantitative estimate of drug-likeness (QED) is 0.852. The first kappa shape index (κ1) is 12.5. The Bertz CT molecular complexity index is 303. The lowest BCUT2D eigenvalue weighted by Gasteiger charge is -2.20. The zero-order chi connectivity index (χ0) is 11.4. The summed E-state index contributed by atoms with van der Waals surface area (Å²) in [6, 6.07) is 5.95. The Hall–Kier alpha value is -0.540. The lowest BCUT2D eigenvalue weighted by molar-refractivity contribution is 0.288. The van der Waals surface area contributed by atoms with Crippen molar-refractivity contribution in [1.82, 2.24) is 4.90 Å². The van der Waals surface area contributed by atoms with E-state index in [0.717, 1.165) is 23.2 Å². The molecule has 0 fully saturated rings. The van der Waals surface area contributed by atoms with Gasteiger partial charge < -0.3 is 10.6 Å². The Morgan fingerprint density at radius 3 is 2.60 bits per heavy atom. The Labute approximate surface area is 101 Å². The third kappa shape index (κ3) is 3.84. The van der Waals surface area contributed by atoms with Crippen molar-refractivity contribution in [2.45, 2.75) is 20.4 Å². The molecule has 0 heterocycles. The number of nitrogen functional groups attached to an aromatic ring is 1. The second-order valence-corrected chi connectivity index (χ2v) is 5.25. The zero-order valence-corrected chi connectivity index (χ0v) is 11.2. The Balaban J connectivity index is 2.71. The molecule has 0 aliphatic heterocycles. The third-order valence-electron chi connectivity index (χ3n) is 2.26. The highest BCUT2D eigenvalue weighted by atomic mass is 79.9. The highest BCUT2D eigenvalue weighted by Gasteiger charge is 2.08. The predicted octanol–water partition coefficient (Wildman–Crippen LogP) is 3.12. The van der Waals surface area contributed by atoms with Crippen molar-refractivity contribution in [1.29, 1.82) is 0 Å². The van der Waals surface area contributed by atoms with Gasteiger partial charge in [-0.05, 0) is 25.1 Å². The molecule has 0 bridgehead atoms. The molecule has 1 aromatic rings. The summed E-state index contributed by atoms with van der Waals surface area (Å²) >= 11 is 3.54. The van der Waals surface area contributed by atoms with Crippen LogP contribution in [-0.2, 0) is 6.54 Å². The van der Waals surface area contributed by atoms with Crippen LogP contribution in [0.2, 0.25) is 0 Å². The van der Waals surface area contributed by atoms with Gasteiger partial charge in [-0.3, -0.25) is 0 Å². The molecule has 0 unspecified atom stereocenters. The summed E-state index contributed by atoms with van der Waals surface area (Å²) in [6.45, 7) is 6.42. The average molecular weight is 271 g/mol. The fourth-order valence-electron chi connectivity index (χ4n) is 1.70. The van der Waals surface area contributed by atoms with Crippen LogP contribution in [0, 0.1) is 5.92 Å². The number of rotatable bonds is 4. The van der Waals surface area contributed by atoms with Crippen LogP contribution in [-0.4, -0.2) is 18.5 Å². The summed E-state index contributed by atoms with van der Waals surface area (Å²) in [6.07, 6.45) is 0. The average Bonchev–Trinajstić information content (AvgIpc) is 2.10. The summed E-state index contributed by atoms with van der Waals surface area (Å²) in [5.41, 5.74) is 7.99. The van der Waals surface area contributed by atoms with Gasteiger partial charge in [0.2, 0.25) is 0 Å². The molecule has 0 atom stereocenters. The van der Waals surface area contributed by atoms with Gasteiger partial charge in [-0.2, -0.15) is 0 Å². The number of nitrogens with zero attached hydrogens (tertiary/aromatic N) is 1. The summed E-state index contributed by atoms with van der Waals surface area (Å²) in [5, 5.41) is 0. The lowest BCUT2D eigenvalue weighted by Crippen LogP contribution is -2.23. The van der Waals surface area contributed by atoms with Crippen molar-refractivity contribution in [3.8, 4) is 0 Å². The molecule has 1 aromatic carbocycles. The van der Waals surface area contributed by atoms with E-state index in [9.17, 15) is 0 Å². The first-order valence-corrected chi connectivity index (χ1v) is 6.01. The molecule has 3 heteroatoms. The fourth-order valence-corrected chi connectivity index (χ4v) is 2.21. The molecule has 0 radical (unpaired) electrons. The van der Waals surface area contributed by atoms with Crippen molar-refractivity contribution in [2.24, 2.45) is 5.92 Å². The molecule has 0 spiro atoms. The molecule has 15 heavy (non-hydrogen) atoms. The largest absolute Gasteiger partial charge is 0.398 e. The molecule has 0 saturated heterocycles. The van der Waals surface area contributed by atoms with E-state index in [4.69, 9.17) is 5.73 Å². The number of anilines is 1. The number of hydrogen-bond acceptors (Lipinski definition) is 2. The predicted molar refractivity (Wildman–Crippen MR) is 69.7 cm³/mol. The minimum Gasteiger partial charge on any atom is -0.398 e. The van der Waals surface area contributed by atoms with Gasteiger partial charge in [0.05, 0.1) is 0 Å². The maximum atomic E-state index is 5.94. The van der Waals surface area contributed by atoms with Gasteiger partial charge >= 0.3 is 0 Å². The number of halogens is 1. The first-order chi connectivity index (χ1) is 7.00. The number of nitrogens with two attached hydrogens (primary N) is 1. The SMILES string of the molecule is CC(C)CN(C)Cc1c(N)cccc1Br. The van der Waals surface area contributed by atoms with Crippen molar-refractivity contribution in [3.05, 3.63) is 28.2 Å². The van der Waals surface area contributed by atoms with Crippen molar-refractivity contribution < 1.29 is 0 Å². The maximum absolute atomic E-state index is 5.94. The topological polar surface area (TPSA) is 29.3 Å². The van der Waals surface area contributed by atoms with Crippen LogP contribution in [0.25, 0.3) is 0 Å². The van der Waals surface area contributed by atoms with E-state index in [1.54, 1.807) is 0 Å². The molecular formula is C12H19BrN2. The molecule has 84 valence electrons. The van der Waals surface area contributed by atoms with E-state index in [-0.39, 0.29) is 0 Å². The first-order valence-electron chi connectivity index (χ1n) is 5.22. The molecule has 2 nitrogen and oxygen atoms in total. The van der Waals surface area contributed by atoms with E-state index in [1.807, 2.05) is 18.2 Å².